The number of hydrogen-bond acceptors (Lipinski definition) is 6. The van der Waals surface area contributed by atoms with E-state index in [2.05, 4.69) is 10.2 Å². The third-order valence-corrected chi connectivity index (χ3v) is 6.02. The molecule has 1 aliphatic rings. The second kappa shape index (κ2) is 9.82. The van der Waals surface area contributed by atoms with Crippen molar-refractivity contribution in [2.24, 2.45) is 0 Å². The van der Waals surface area contributed by atoms with Gasteiger partial charge in [0.05, 0.1) is 12.4 Å². The molecule has 7 nitrogen and oxygen atoms in total. The van der Waals surface area contributed by atoms with Gasteiger partial charge in [-0.2, -0.15) is 0 Å². The Morgan fingerprint density at radius 3 is 2.57 bits per heavy atom. The zero-order valence-electron chi connectivity index (χ0n) is 16.6. The highest BCUT2D eigenvalue weighted by Crippen LogP contribution is 2.26. The summed E-state index contributed by atoms with van der Waals surface area (Å²) in [4.78, 5) is 14.7. The number of benzene rings is 1. The predicted octanol–water partition coefficient (Wildman–Crippen LogP) is 3.33. The maximum atomic E-state index is 12.7. The molecule has 28 heavy (non-hydrogen) atoms. The van der Waals surface area contributed by atoms with Crippen LogP contribution in [0.2, 0.25) is 0 Å². The highest BCUT2D eigenvalue weighted by Gasteiger charge is 2.24. The average molecular weight is 404 g/mol. The predicted molar refractivity (Wildman–Crippen MR) is 112 cm³/mol. The van der Waals surface area contributed by atoms with Gasteiger partial charge >= 0.3 is 0 Å². The number of carbonyl (C=O) groups excluding carboxylic acids is 1. The number of aromatic nitrogens is 3. The van der Waals surface area contributed by atoms with Gasteiger partial charge < -0.3 is 15.5 Å². The normalized spacial score (nSPS) is 14.8. The number of ether oxygens (including phenoxy) is 1. The summed E-state index contributed by atoms with van der Waals surface area (Å²) < 4.78 is 6.91. The van der Waals surface area contributed by atoms with Crippen LogP contribution >= 0.6 is 11.8 Å². The lowest BCUT2D eigenvalue weighted by Gasteiger charge is -2.33. The molecule has 0 saturated heterocycles. The molecule has 0 spiro atoms. The molecule has 2 aromatic rings. The second-order valence-electron chi connectivity index (χ2n) is 6.89. The Kier molecular flexibility index (Phi) is 7.19. The molecule has 1 fully saturated rings. The van der Waals surface area contributed by atoms with Crippen LogP contribution in [0, 0.1) is 0 Å². The van der Waals surface area contributed by atoms with Crippen molar-refractivity contribution in [2.75, 3.05) is 24.7 Å². The van der Waals surface area contributed by atoms with Crippen molar-refractivity contribution < 1.29 is 9.53 Å². The highest BCUT2D eigenvalue weighted by molar-refractivity contribution is 7.99. The molecule has 152 valence electrons. The fraction of sp³-hybridized carbons (Fsp3) is 0.550. The molecule has 0 aliphatic heterocycles. The van der Waals surface area contributed by atoms with Crippen LogP contribution in [-0.4, -0.2) is 50.6 Å². The summed E-state index contributed by atoms with van der Waals surface area (Å²) in [7, 11) is 0. The number of carbonyl (C=O) groups is 1. The molecule has 0 unspecified atom stereocenters. The number of amides is 1. The van der Waals surface area contributed by atoms with Crippen molar-refractivity contribution in [1.82, 2.24) is 19.8 Å². The molecule has 1 aliphatic carbocycles. The van der Waals surface area contributed by atoms with Gasteiger partial charge in [0.1, 0.15) is 5.75 Å². The van der Waals surface area contributed by atoms with Crippen LogP contribution < -0.4 is 10.6 Å². The van der Waals surface area contributed by atoms with Crippen molar-refractivity contribution in [3.8, 4) is 17.1 Å². The summed E-state index contributed by atoms with van der Waals surface area (Å²) in [5.74, 6) is 8.02. The van der Waals surface area contributed by atoms with E-state index in [1.807, 2.05) is 43.0 Å². The number of nitrogen functional groups attached to an aromatic ring is 1. The third kappa shape index (κ3) is 4.79. The van der Waals surface area contributed by atoms with E-state index in [4.69, 9.17) is 10.6 Å². The Morgan fingerprint density at radius 2 is 1.93 bits per heavy atom. The molecule has 1 aromatic carbocycles. The molecular formula is C20H29N5O2S. The van der Waals surface area contributed by atoms with Crippen LogP contribution in [0.25, 0.3) is 11.4 Å². The van der Waals surface area contributed by atoms with Gasteiger partial charge in [-0.25, -0.2) is 4.68 Å². The van der Waals surface area contributed by atoms with E-state index in [1.165, 1.54) is 35.7 Å². The standard InChI is InChI=1S/C20H29N5O2S/c1-3-24(16-8-6-5-7-9-16)18(26)14-28-20-23-22-19(25(20)21)15-10-12-17(13-11-15)27-4-2/h10-13,16H,3-9,14,21H2,1-2H3. The quantitative estimate of drug-likeness (QED) is 0.537. The van der Waals surface area contributed by atoms with E-state index in [9.17, 15) is 4.79 Å². The Bertz CT molecular complexity index is 771. The average Bonchev–Trinajstić information content (AvgIpc) is 3.09. The summed E-state index contributed by atoms with van der Waals surface area (Å²) in [5, 5.41) is 8.90. The minimum atomic E-state index is 0.144. The molecule has 1 aromatic heterocycles. The van der Waals surface area contributed by atoms with Gasteiger partial charge in [-0.3, -0.25) is 4.79 Å². The summed E-state index contributed by atoms with van der Waals surface area (Å²) in [6.45, 7) is 5.36. The zero-order valence-corrected chi connectivity index (χ0v) is 17.5. The topological polar surface area (TPSA) is 86.3 Å². The van der Waals surface area contributed by atoms with Crippen molar-refractivity contribution in [3.05, 3.63) is 24.3 Å². The van der Waals surface area contributed by atoms with Crippen LogP contribution in [0.4, 0.5) is 0 Å². The molecule has 2 N–H and O–H groups in total. The first-order chi connectivity index (χ1) is 13.6. The van der Waals surface area contributed by atoms with E-state index < -0.39 is 0 Å². The lowest BCUT2D eigenvalue weighted by Crippen LogP contribution is -2.42. The van der Waals surface area contributed by atoms with Gasteiger partial charge in [0.2, 0.25) is 11.1 Å². The van der Waals surface area contributed by atoms with Crippen LogP contribution in [0.5, 0.6) is 5.75 Å². The van der Waals surface area contributed by atoms with Crippen LogP contribution in [0.1, 0.15) is 46.0 Å². The van der Waals surface area contributed by atoms with E-state index in [1.54, 1.807) is 0 Å². The lowest BCUT2D eigenvalue weighted by molar-refractivity contribution is -0.131. The highest BCUT2D eigenvalue weighted by atomic mass is 32.2. The summed E-state index contributed by atoms with van der Waals surface area (Å²) in [5.41, 5.74) is 0.856. The fourth-order valence-electron chi connectivity index (χ4n) is 3.68. The Morgan fingerprint density at radius 1 is 1.21 bits per heavy atom. The van der Waals surface area contributed by atoms with Gasteiger partial charge in [-0.1, -0.05) is 31.0 Å². The Labute approximate surface area is 170 Å². The molecular weight excluding hydrogens is 374 g/mol. The number of rotatable bonds is 8. The van der Waals surface area contributed by atoms with Crippen molar-refractivity contribution in [2.45, 2.75) is 57.1 Å². The van der Waals surface area contributed by atoms with Crippen molar-refractivity contribution >= 4 is 17.7 Å². The van der Waals surface area contributed by atoms with E-state index in [-0.39, 0.29) is 5.91 Å². The first-order valence-corrected chi connectivity index (χ1v) is 11.0. The first-order valence-electron chi connectivity index (χ1n) is 10.00. The van der Waals surface area contributed by atoms with Gasteiger partial charge in [0.15, 0.2) is 5.82 Å². The minimum Gasteiger partial charge on any atom is -0.494 e. The number of thioether (sulfide) groups is 1. The van der Waals surface area contributed by atoms with Crippen LogP contribution in [-0.2, 0) is 4.79 Å². The van der Waals surface area contributed by atoms with Gasteiger partial charge in [-0.05, 0) is 51.0 Å². The van der Waals surface area contributed by atoms with E-state index in [0.717, 1.165) is 30.7 Å². The fourth-order valence-corrected chi connectivity index (χ4v) is 4.42. The molecule has 1 heterocycles. The Balaban J connectivity index is 1.62. The summed E-state index contributed by atoms with van der Waals surface area (Å²) in [6.07, 6.45) is 5.92. The van der Waals surface area contributed by atoms with E-state index >= 15 is 0 Å². The van der Waals surface area contributed by atoms with Crippen LogP contribution in [0.3, 0.4) is 0 Å². The maximum absolute atomic E-state index is 12.7. The molecule has 1 amide bonds. The molecule has 0 atom stereocenters. The maximum Gasteiger partial charge on any atom is 0.233 e. The SMILES string of the molecule is CCOc1ccc(-c2nnc(SCC(=O)N(CC)C3CCCCC3)n2N)cc1. The second-order valence-corrected chi connectivity index (χ2v) is 7.84. The molecule has 1 saturated carbocycles. The van der Waals surface area contributed by atoms with Gasteiger partial charge in [0, 0.05) is 18.2 Å². The number of hydrogen-bond donors (Lipinski definition) is 1. The molecule has 0 bridgehead atoms. The summed E-state index contributed by atoms with van der Waals surface area (Å²) >= 11 is 1.34. The Hall–Kier alpha value is -2.22. The largest absolute Gasteiger partial charge is 0.494 e. The monoisotopic (exact) mass is 403 g/mol. The van der Waals surface area contributed by atoms with Crippen molar-refractivity contribution in [1.29, 1.82) is 0 Å². The lowest BCUT2D eigenvalue weighted by atomic mass is 9.94. The third-order valence-electron chi connectivity index (χ3n) is 5.09. The number of nitrogens with zero attached hydrogens (tertiary/aromatic N) is 4. The van der Waals surface area contributed by atoms with Crippen molar-refractivity contribution in [3.63, 3.8) is 0 Å². The smallest absolute Gasteiger partial charge is 0.233 e. The van der Waals surface area contributed by atoms with Crippen LogP contribution in [0.15, 0.2) is 29.4 Å². The molecule has 8 heteroatoms. The zero-order chi connectivity index (χ0) is 19.9. The van der Waals surface area contributed by atoms with Gasteiger partial charge in [-0.15, -0.1) is 10.2 Å². The number of nitrogens with two attached hydrogens (primary N) is 1. The molecule has 3 rings (SSSR count). The van der Waals surface area contributed by atoms with E-state index in [0.29, 0.717) is 29.4 Å². The minimum absolute atomic E-state index is 0.144. The first kappa shape index (κ1) is 20.5. The summed E-state index contributed by atoms with van der Waals surface area (Å²) in [6, 6.07) is 7.95. The molecule has 0 radical (unpaired) electrons. The van der Waals surface area contributed by atoms with Gasteiger partial charge in [0.25, 0.3) is 0 Å².